The van der Waals surface area contributed by atoms with Crippen LogP contribution in [0.15, 0.2) is 30.8 Å². The normalized spacial score (nSPS) is 25.5. The topological polar surface area (TPSA) is 49.9 Å². The Kier molecular flexibility index (Phi) is 3.98. The quantitative estimate of drug-likeness (QED) is 0.840. The van der Waals surface area contributed by atoms with Crippen LogP contribution >= 0.6 is 0 Å². The maximum atomic E-state index is 12.9. The van der Waals surface area contributed by atoms with Gasteiger partial charge in [-0.2, -0.15) is 0 Å². The minimum absolute atomic E-state index is 0.00424. The van der Waals surface area contributed by atoms with Crippen LogP contribution in [-0.2, 0) is 9.53 Å². The van der Waals surface area contributed by atoms with E-state index in [4.69, 9.17) is 4.74 Å². The third-order valence-corrected chi connectivity index (χ3v) is 4.45. The number of carbonyl (C=O) groups is 2. The zero-order chi connectivity index (χ0) is 16.7. The van der Waals surface area contributed by atoms with Gasteiger partial charge in [-0.15, -0.1) is 0 Å². The highest BCUT2D eigenvalue weighted by Crippen LogP contribution is 2.33. The molecule has 2 aliphatic rings. The molecule has 1 fully saturated rings. The monoisotopic (exact) mass is 314 g/mol. The summed E-state index contributed by atoms with van der Waals surface area (Å²) in [7, 11) is 0. The van der Waals surface area contributed by atoms with Gasteiger partial charge in [-0.1, -0.05) is 24.8 Å². The van der Waals surface area contributed by atoms with Gasteiger partial charge < -0.3 is 9.64 Å². The van der Waals surface area contributed by atoms with E-state index in [2.05, 4.69) is 6.58 Å². The fraction of sp³-hybridized carbons (Fsp3) is 0.444. The third-order valence-electron chi connectivity index (χ3n) is 4.45. The van der Waals surface area contributed by atoms with Gasteiger partial charge in [-0.3, -0.25) is 14.5 Å². The standard InChI is InChI=1S/C18H22N2O3/c1-11-9-19(10-12(2)23-11)17(21)14(4)20-13(3)15-7-5-6-8-16(15)18(20)22/h5-8,11-12,14H,3,9-10H2,1-2,4H3. The first kappa shape index (κ1) is 15.7. The molecule has 3 rings (SSSR count). The van der Waals surface area contributed by atoms with Gasteiger partial charge in [-0.05, 0) is 26.8 Å². The highest BCUT2D eigenvalue weighted by molar-refractivity contribution is 6.10. The maximum absolute atomic E-state index is 12.9. The summed E-state index contributed by atoms with van der Waals surface area (Å²) in [5.41, 5.74) is 2.02. The van der Waals surface area contributed by atoms with E-state index in [1.807, 2.05) is 32.0 Å². The first-order valence-corrected chi connectivity index (χ1v) is 7.96. The summed E-state index contributed by atoms with van der Waals surface area (Å²) in [4.78, 5) is 28.8. The summed E-state index contributed by atoms with van der Waals surface area (Å²) in [6.07, 6.45) is 0.00848. The van der Waals surface area contributed by atoms with Crippen molar-refractivity contribution in [2.75, 3.05) is 13.1 Å². The van der Waals surface area contributed by atoms with Crippen molar-refractivity contribution in [3.05, 3.63) is 42.0 Å². The predicted molar refractivity (Wildman–Crippen MR) is 87.7 cm³/mol. The molecule has 0 bridgehead atoms. The van der Waals surface area contributed by atoms with Crippen molar-refractivity contribution < 1.29 is 14.3 Å². The van der Waals surface area contributed by atoms with Gasteiger partial charge >= 0.3 is 0 Å². The lowest BCUT2D eigenvalue weighted by atomic mass is 10.1. The molecule has 2 aliphatic heterocycles. The second-order valence-electron chi connectivity index (χ2n) is 6.34. The minimum atomic E-state index is -0.570. The Morgan fingerprint density at radius 1 is 1.22 bits per heavy atom. The number of hydrogen-bond acceptors (Lipinski definition) is 3. The van der Waals surface area contributed by atoms with Crippen molar-refractivity contribution in [1.29, 1.82) is 0 Å². The third kappa shape index (κ3) is 2.65. The van der Waals surface area contributed by atoms with Crippen molar-refractivity contribution in [1.82, 2.24) is 9.80 Å². The molecular weight excluding hydrogens is 292 g/mol. The van der Waals surface area contributed by atoms with Gasteiger partial charge in [0.1, 0.15) is 6.04 Å². The molecule has 23 heavy (non-hydrogen) atoms. The van der Waals surface area contributed by atoms with Crippen LogP contribution in [0.3, 0.4) is 0 Å². The summed E-state index contributed by atoms with van der Waals surface area (Å²) in [5.74, 6) is -0.213. The average molecular weight is 314 g/mol. The maximum Gasteiger partial charge on any atom is 0.259 e. The average Bonchev–Trinajstić information content (AvgIpc) is 2.77. The lowest BCUT2D eigenvalue weighted by Gasteiger charge is -2.38. The number of carbonyl (C=O) groups excluding carboxylic acids is 2. The lowest BCUT2D eigenvalue weighted by molar-refractivity contribution is -0.146. The van der Waals surface area contributed by atoms with Crippen LogP contribution < -0.4 is 0 Å². The SMILES string of the molecule is C=C1c2ccccc2C(=O)N1C(C)C(=O)N1CC(C)OC(C)C1. The number of ether oxygens (including phenoxy) is 1. The predicted octanol–water partition coefficient (Wildman–Crippen LogP) is 2.14. The number of fused-ring (bicyclic) bond motifs is 1. The van der Waals surface area contributed by atoms with E-state index in [1.54, 1.807) is 17.9 Å². The van der Waals surface area contributed by atoms with Crippen LogP contribution in [0.5, 0.6) is 0 Å². The van der Waals surface area contributed by atoms with E-state index < -0.39 is 6.04 Å². The fourth-order valence-electron chi connectivity index (χ4n) is 3.45. The molecule has 0 aromatic heterocycles. The van der Waals surface area contributed by atoms with Gasteiger partial charge in [0, 0.05) is 29.9 Å². The molecule has 3 atom stereocenters. The second kappa shape index (κ2) is 5.81. The Bertz CT molecular complexity index is 625. The molecule has 2 heterocycles. The zero-order valence-corrected chi connectivity index (χ0v) is 13.8. The lowest BCUT2D eigenvalue weighted by Crippen LogP contribution is -2.54. The molecule has 5 heteroatoms. The number of amides is 2. The van der Waals surface area contributed by atoms with Crippen LogP contribution in [0.25, 0.3) is 5.70 Å². The fourth-order valence-corrected chi connectivity index (χ4v) is 3.45. The van der Waals surface area contributed by atoms with Gasteiger partial charge in [0.25, 0.3) is 5.91 Å². The molecule has 0 saturated carbocycles. The molecule has 1 aromatic carbocycles. The highest BCUT2D eigenvalue weighted by Gasteiger charge is 2.39. The van der Waals surface area contributed by atoms with E-state index in [9.17, 15) is 9.59 Å². The minimum Gasteiger partial charge on any atom is -0.372 e. The number of benzene rings is 1. The summed E-state index contributed by atoms with van der Waals surface area (Å²) < 4.78 is 5.67. The molecule has 0 radical (unpaired) electrons. The first-order valence-electron chi connectivity index (χ1n) is 7.96. The Morgan fingerprint density at radius 2 is 1.78 bits per heavy atom. The number of hydrogen-bond donors (Lipinski definition) is 0. The van der Waals surface area contributed by atoms with Crippen LogP contribution in [0.1, 0.15) is 36.7 Å². The van der Waals surface area contributed by atoms with E-state index in [1.165, 1.54) is 4.90 Å². The molecule has 0 spiro atoms. The van der Waals surface area contributed by atoms with E-state index in [-0.39, 0.29) is 24.0 Å². The van der Waals surface area contributed by atoms with Crippen molar-refractivity contribution >= 4 is 17.5 Å². The molecule has 1 saturated heterocycles. The molecule has 2 amide bonds. The molecular formula is C18H22N2O3. The van der Waals surface area contributed by atoms with Crippen LogP contribution in [0.4, 0.5) is 0 Å². The number of morpholine rings is 1. The molecule has 1 aromatic rings. The Hall–Kier alpha value is -2.14. The van der Waals surface area contributed by atoms with Crippen LogP contribution in [0.2, 0.25) is 0 Å². The second-order valence-corrected chi connectivity index (χ2v) is 6.34. The summed E-state index contributed by atoms with van der Waals surface area (Å²) in [6, 6.07) is 6.77. The molecule has 122 valence electrons. The zero-order valence-electron chi connectivity index (χ0n) is 13.8. The first-order chi connectivity index (χ1) is 10.9. The Morgan fingerprint density at radius 3 is 2.35 bits per heavy atom. The molecule has 0 N–H and O–H groups in total. The largest absolute Gasteiger partial charge is 0.372 e. The molecule has 3 unspecified atom stereocenters. The molecule has 5 nitrogen and oxygen atoms in total. The van der Waals surface area contributed by atoms with Crippen molar-refractivity contribution in [2.24, 2.45) is 0 Å². The van der Waals surface area contributed by atoms with Gasteiger partial charge in [0.15, 0.2) is 0 Å². The van der Waals surface area contributed by atoms with Gasteiger partial charge in [-0.25, -0.2) is 0 Å². The van der Waals surface area contributed by atoms with Crippen molar-refractivity contribution in [3.63, 3.8) is 0 Å². The van der Waals surface area contributed by atoms with E-state index >= 15 is 0 Å². The summed E-state index contributed by atoms with van der Waals surface area (Å²) >= 11 is 0. The molecule has 0 aliphatic carbocycles. The smallest absolute Gasteiger partial charge is 0.259 e. The summed E-state index contributed by atoms with van der Waals surface area (Å²) in [6.45, 7) is 10.8. The van der Waals surface area contributed by atoms with Crippen LogP contribution in [-0.4, -0.2) is 53.0 Å². The van der Waals surface area contributed by atoms with Crippen molar-refractivity contribution in [3.8, 4) is 0 Å². The van der Waals surface area contributed by atoms with Gasteiger partial charge in [0.05, 0.1) is 12.2 Å². The Balaban J connectivity index is 1.81. The Labute approximate surface area is 136 Å². The van der Waals surface area contributed by atoms with E-state index in [0.717, 1.165) is 5.56 Å². The summed E-state index contributed by atoms with van der Waals surface area (Å²) in [5, 5.41) is 0. The number of rotatable bonds is 2. The van der Waals surface area contributed by atoms with Gasteiger partial charge in [0.2, 0.25) is 5.91 Å². The van der Waals surface area contributed by atoms with E-state index in [0.29, 0.717) is 24.4 Å². The highest BCUT2D eigenvalue weighted by atomic mass is 16.5. The van der Waals surface area contributed by atoms with Crippen molar-refractivity contribution in [2.45, 2.75) is 39.0 Å². The van der Waals surface area contributed by atoms with Crippen LogP contribution in [0, 0.1) is 0 Å². The number of nitrogens with zero attached hydrogens (tertiary/aromatic N) is 2.